The molecule has 0 heterocycles. The van der Waals surface area contributed by atoms with Gasteiger partial charge in [-0.25, -0.2) is 0 Å². The number of carbonyl (C=O) groups is 1. The number of aldehydes is 1. The molecule has 0 radical (unpaired) electrons. The summed E-state index contributed by atoms with van der Waals surface area (Å²) in [5.74, 6) is 0. The Bertz CT molecular complexity index is 549. The van der Waals surface area contributed by atoms with Crippen molar-refractivity contribution in [2.24, 2.45) is 0 Å². The fraction of sp³-hybridized carbons (Fsp3) is 0. The molecule has 0 N–H and O–H groups in total. The van der Waals surface area contributed by atoms with Crippen LogP contribution in [0.15, 0.2) is 37.7 Å². The van der Waals surface area contributed by atoms with Crippen LogP contribution in [0.25, 0.3) is 10.8 Å². The highest BCUT2D eigenvalue weighted by atomic mass is 79.9. The van der Waals surface area contributed by atoms with Crippen molar-refractivity contribution in [1.82, 2.24) is 0 Å². The third-order valence-corrected chi connectivity index (χ3v) is 5.04. The second-order valence-electron chi connectivity index (χ2n) is 3.05. The topological polar surface area (TPSA) is 17.1 Å². The molecule has 0 atom stereocenters. The molecular weight excluding hydrogens is 388 g/mol. The van der Waals surface area contributed by atoms with E-state index in [4.69, 9.17) is 0 Å². The number of halogens is 3. The summed E-state index contributed by atoms with van der Waals surface area (Å²) in [7, 11) is 0. The van der Waals surface area contributed by atoms with Crippen molar-refractivity contribution >= 4 is 64.8 Å². The van der Waals surface area contributed by atoms with E-state index in [0.29, 0.717) is 5.56 Å². The minimum Gasteiger partial charge on any atom is -0.298 e. The molecule has 2 rings (SSSR count). The van der Waals surface area contributed by atoms with Crippen LogP contribution in [0.4, 0.5) is 0 Å². The summed E-state index contributed by atoms with van der Waals surface area (Å²) in [6.07, 6.45) is 0.844. The maximum Gasteiger partial charge on any atom is 0.151 e. The molecule has 0 unspecified atom stereocenters. The first-order valence-corrected chi connectivity index (χ1v) is 6.54. The molecule has 76 valence electrons. The van der Waals surface area contributed by atoms with Gasteiger partial charge in [-0.05, 0) is 65.3 Å². The molecule has 0 fully saturated rings. The van der Waals surface area contributed by atoms with Crippen LogP contribution in [0, 0.1) is 0 Å². The first kappa shape index (κ1) is 11.3. The Morgan fingerprint density at radius 2 is 1.60 bits per heavy atom. The summed E-state index contributed by atoms with van der Waals surface area (Å²) in [5, 5.41) is 2.09. The molecule has 4 heteroatoms. The van der Waals surface area contributed by atoms with Crippen LogP contribution in [-0.2, 0) is 0 Å². The second-order valence-corrected chi connectivity index (χ2v) is 5.49. The van der Waals surface area contributed by atoms with Crippen LogP contribution in [0.2, 0.25) is 0 Å². The van der Waals surface area contributed by atoms with E-state index in [9.17, 15) is 4.79 Å². The highest BCUT2D eigenvalue weighted by Gasteiger charge is 2.09. The zero-order chi connectivity index (χ0) is 11.0. The molecule has 0 saturated heterocycles. The van der Waals surface area contributed by atoms with Crippen LogP contribution < -0.4 is 0 Å². The molecule has 0 spiro atoms. The van der Waals surface area contributed by atoms with Crippen molar-refractivity contribution in [2.75, 3.05) is 0 Å². The van der Waals surface area contributed by atoms with E-state index in [-0.39, 0.29) is 0 Å². The lowest BCUT2D eigenvalue weighted by Gasteiger charge is -2.07. The fourth-order valence-corrected chi connectivity index (χ4v) is 3.22. The van der Waals surface area contributed by atoms with Gasteiger partial charge >= 0.3 is 0 Å². The molecule has 0 saturated carbocycles. The van der Waals surface area contributed by atoms with Gasteiger partial charge < -0.3 is 0 Å². The highest BCUT2D eigenvalue weighted by Crippen LogP contribution is 2.37. The first-order valence-electron chi connectivity index (χ1n) is 4.16. The number of benzene rings is 2. The SMILES string of the molecule is O=Cc1ccc2ccc(Br)c(Br)c2c1Br. The maximum atomic E-state index is 10.8. The largest absolute Gasteiger partial charge is 0.298 e. The Hall–Kier alpha value is -0.190. The van der Waals surface area contributed by atoms with Gasteiger partial charge in [0.1, 0.15) is 0 Å². The Labute approximate surface area is 112 Å². The van der Waals surface area contributed by atoms with Crippen LogP contribution in [-0.4, -0.2) is 6.29 Å². The first-order chi connectivity index (χ1) is 7.15. The van der Waals surface area contributed by atoms with Gasteiger partial charge in [0.25, 0.3) is 0 Å². The third kappa shape index (κ3) is 1.90. The van der Waals surface area contributed by atoms with E-state index >= 15 is 0 Å². The van der Waals surface area contributed by atoms with E-state index in [1.807, 2.05) is 18.2 Å². The summed E-state index contributed by atoms with van der Waals surface area (Å²) >= 11 is 10.4. The molecule has 0 aliphatic rings. The van der Waals surface area contributed by atoms with Gasteiger partial charge in [-0.2, -0.15) is 0 Å². The van der Waals surface area contributed by atoms with Crippen molar-refractivity contribution in [3.63, 3.8) is 0 Å². The van der Waals surface area contributed by atoms with Crippen molar-refractivity contribution in [1.29, 1.82) is 0 Å². The summed E-state index contributed by atoms with van der Waals surface area (Å²) < 4.78 is 2.75. The molecule has 2 aromatic rings. The zero-order valence-corrected chi connectivity index (χ0v) is 12.2. The van der Waals surface area contributed by atoms with Crippen molar-refractivity contribution in [3.8, 4) is 0 Å². The molecule has 0 aliphatic carbocycles. The van der Waals surface area contributed by atoms with Gasteiger partial charge in [-0.3, -0.25) is 4.79 Å². The predicted octanol–water partition coefficient (Wildman–Crippen LogP) is 4.94. The summed E-state index contributed by atoms with van der Waals surface area (Å²) in [4.78, 5) is 10.8. The van der Waals surface area contributed by atoms with Gasteiger partial charge in [0.05, 0.1) is 0 Å². The van der Waals surface area contributed by atoms with E-state index in [2.05, 4.69) is 47.8 Å². The van der Waals surface area contributed by atoms with Gasteiger partial charge in [0, 0.05) is 24.4 Å². The van der Waals surface area contributed by atoms with Crippen molar-refractivity contribution in [2.45, 2.75) is 0 Å². The molecule has 2 aromatic carbocycles. The predicted molar refractivity (Wildman–Crippen MR) is 72.4 cm³/mol. The van der Waals surface area contributed by atoms with Gasteiger partial charge in [0.2, 0.25) is 0 Å². The monoisotopic (exact) mass is 390 g/mol. The molecular formula is C11H5Br3O. The number of rotatable bonds is 1. The summed E-state index contributed by atoms with van der Waals surface area (Å²) in [5.41, 5.74) is 0.654. The van der Waals surface area contributed by atoms with E-state index in [1.165, 1.54) is 0 Å². The van der Waals surface area contributed by atoms with E-state index in [0.717, 1.165) is 30.5 Å². The van der Waals surface area contributed by atoms with Crippen molar-refractivity contribution < 1.29 is 4.79 Å². The van der Waals surface area contributed by atoms with Gasteiger partial charge in [-0.1, -0.05) is 12.1 Å². The second kappa shape index (κ2) is 4.36. The van der Waals surface area contributed by atoms with Crippen LogP contribution in [0.1, 0.15) is 10.4 Å². The van der Waals surface area contributed by atoms with Crippen LogP contribution in [0.3, 0.4) is 0 Å². The summed E-state index contributed by atoms with van der Waals surface area (Å²) in [6.45, 7) is 0. The Balaban J connectivity index is 2.95. The molecule has 1 nitrogen and oxygen atoms in total. The Morgan fingerprint density at radius 3 is 2.27 bits per heavy atom. The lowest BCUT2D eigenvalue weighted by atomic mass is 10.1. The number of fused-ring (bicyclic) bond motifs is 1. The minimum atomic E-state index is 0.654. The van der Waals surface area contributed by atoms with Crippen molar-refractivity contribution in [3.05, 3.63) is 43.2 Å². The zero-order valence-electron chi connectivity index (χ0n) is 7.43. The number of hydrogen-bond acceptors (Lipinski definition) is 1. The highest BCUT2D eigenvalue weighted by molar-refractivity contribution is 9.13. The standard InChI is InChI=1S/C11H5Br3O/c12-8-4-3-6-1-2-7(5-15)10(13)9(6)11(8)14/h1-5H. The maximum absolute atomic E-state index is 10.8. The van der Waals surface area contributed by atoms with Crippen LogP contribution in [0.5, 0.6) is 0 Å². The number of carbonyl (C=O) groups excluding carboxylic acids is 1. The Kier molecular flexibility index (Phi) is 3.28. The third-order valence-electron chi connectivity index (χ3n) is 2.17. The fourth-order valence-electron chi connectivity index (χ4n) is 1.42. The average Bonchev–Trinajstić information content (AvgIpc) is 2.24. The normalized spacial score (nSPS) is 10.6. The number of hydrogen-bond donors (Lipinski definition) is 0. The molecule has 0 bridgehead atoms. The Morgan fingerprint density at radius 1 is 0.933 bits per heavy atom. The lowest BCUT2D eigenvalue weighted by molar-refractivity contribution is 0.112. The average molecular weight is 393 g/mol. The molecule has 15 heavy (non-hydrogen) atoms. The van der Waals surface area contributed by atoms with Gasteiger partial charge in [-0.15, -0.1) is 0 Å². The quantitative estimate of drug-likeness (QED) is 0.628. The smallest absolute Gasteiger partial charge is 0.151 e. The van der Waals surface area contributed by atoms with Crippen LogP contribution >= 0.6 is 47.8 Å². The minimum absolute atomic E-state index is 0.654. The summed E-state index contributed by atoms with van der Waals surface area (Å²) in [6, 6.07) is 7.71. The van der Waals surface area contributed by atoms with E-state index in [1.54, 1.807) is 6.07 Å². The van der Waals surface area contributed by atoms with Gasteiger partial charge in [0.15, 0.2) is 6.29 Å². The lowest BCUT2D eigenvalue weighted by Crippen LogP contribution is -1.86. The molecule has 0 aromatic heterocycles. The molecule has 0 amide bonds. The molecule has 0 aliphatic heterocycles. The van der Waals surface area contributed by atoms with E-state index < -0.39 is 0 Å².